The number of fused-ring (bicyclic) bond motifs is 1. The number of rotatable bonds is 4. The number of methoxy groups -OCH3 is 1. The molecule has 3 aromatic heterocycles. The van der Waals surface area contributed by atoms with Crippen LogP contribution < -0.4 is 11.1 Å². The van der Waals surface area contributed by atoms with Crippen molar-refractivity contribution < 1.29 is 9.53 Å². The molecule has 8 nitrogen and oxygen atoms in total. The van der Waals surface area contributed by atoms with Crippen molar-refractivity contribution in [1.82, 2.24) is 19.5 Å². The number of nitrogen functional groups attached to an aromatic ring is 1. The Morgan fingerprint density at radius 1 is 1.07 bits per heavy atom. The second-order valence-electron chi connectivity index (χ2n) is 6.03. The molecule has 0 fully saturated rings. The summed E-state index contributed by atoms with van der Waals surface area (Å²) in [7, 11) is 3.16. The third-order valence-corrected chi connectivity index (χ3v) is 4.39. The quantitative estimate of drug-likeness (QED) is 0.496. The highest BCUT2D eigenvalue weighted by atomic mass is 16.5. The number of hydrogen-bond acceptors (Lipinski definition) is 7. The normalized spacial score (nSPS) is 10.3. The highest BCUT2D eigenvalue weighted by molar-refractivity contribution is 5.90. The zero-order chi connectivity index (χ0) is 21.7. The van der Waals surface area contributed by atoms with E-state index < -0.39 is 5.97 Å². The molecule has 0 aliphatic carbocycles. The number of pyridine rings is 2. The first-order valence-electron chi connectivity index (χ1n) is 9.59. The number of anilines is 2. The SMILES string of the molecule is CC.CNc1ccc2nc(-c3cccnc3N)n(-c3ccc(C(=O)OC)cc3)c2n1. The van der Waals surface area contributed by atoms with Crippen LogP contribution in [0.1, 0.15) is 24.2 Å². The molecule has 0 saturated carbocycles. The Kier molecular flexibility index (Phi) is 6.26. The molecule has 154 valence electrons. The van der Waals surface area contributed by atoms with E-state index in [1.165, 1.54) is 7.11 Å². The van der Waals surface area contributed by atoms with Gasteiger partial charge in [0.2, 0.25) is 0 Å². The molecule has 0 amide bonds. The van der Waals surface area contributed by atoms with Gasteiger partial charge in [-0.25, -0.2) is 19.7 Å². The number of carbonyl (C=O) groups excluding carboxylic acids is 1. The van der Waals surface area contributed by atoms with Crippen LogP contribution in [0.3, 0.4) is 0 Å². The topological polar surface area (TPSA) is 108 Å². The van der Waals surface area contributed by atoms with Crippen LogP contribution in [-0.2, 0) is 4.74 Å². The molecule has 0 aliphatic heterocycles. The minimum atomic E-state index is -0.394. The molecule has 1 aromatic carbocycles. The first kappa shape index (κ1) is 20.8. The molecule has 0 saturated heterocycles. The third-order valence-electron chi connectivity index (χ3n) is 4.39. The summed E-state index contributed by atoms with van der Waals surface area (Å²) >= 11 is 0. The van der Waals surface area contributed by atoms with E-state index in [0.29, 0.717) is 39.8 Å². The average molecular weight is 404 g/mol. The lowest BCUT2D eigenvalue weighted by Crippen LogP contribution is -2.04. The summed E-state index contributed by atoms with van der Waals surface area (Å²) in [5.74, 6) is 1.31. The van der Waals surface area contributed by atoms with Crippen LogP contribution in [0.5, 0.6) is 0 Å². The zero-order valence-corrected chi connectivity index (χ0v) is 17.4. The molecule has 0 spiro atoms. The maximum absolute atomic E-state index is 11.8. The van der Waals surface area contributed by atoms with Gasteiger partial charge in [-0.05, 0) is 48.5 Å². The lowest BCUT2D eigenvalue weighted by molar-refractivity contribution is 0.0600. The molecule has 0 atom stereocenters. The minimum Gasteiger partial charge on any atom is -0.465 e. The molecule has 3 N–H and O–H groups in total. The van der Waals surface area contributed by atoms with E-state index in [1.807, 2.05) is 54.8 Å². The van der Waals surface area contributed by atoms with Crippen LogP contribution in [-0.4, -0.2) is 39.6 Å². The number of nitrogens with one attached hydrogen (secondary N) is 1. The highest BCUT2D eigenvalue weighted by Crippen LogP contribution is 2.30. The Hall–Kier alpha value is -3.94. The number of hydrogen-bond donors (Lipinski definition) is 2. The van der Waals surface area contributed by atoms with Crippen molar-refractivity contribution in [1.29, 1.82) is 0 Å². The largest absolute Gasteiger partial charge is 0.465 e. The minimum absolute atomic E-state index is 0.374. The molecule has 0 unspecified atom stereocenters. The number of nitrogens with two attached hydrogens (primary N) is 1. The van der Waals surface area contributed by atoms with Crippen molar-refractivity contribution in [2.75, 3.05) is 25.2 Å². The Morgan fingerprint density at radius 2 is 1.80 bits per heavy atom. The number of ether oxygens (including phenoxy) is 1. The Bertz CT molecular complexity index is 1170. The van der Waals surface area contributed by atoms with Gasteiger partial charge in [-0.15, -0.1) is 0 Å². The Labute approximate surface area is 174 Å². The molecule has 0 radical (unpaired) electrons. The van der Waals surface area contributed by atoms with Crippen molar-refractivity contribution in [3.8, 4) is 17.1 Å². The van der Waals surface area contributed by atoms with Crippen LogP contribution in [0.4, 0.5) is 11.6 Å². The van der Waals surface area contributed by atoms with Gasteiger partial charge in [0.05, 0.1) is 18.2 Å². The second kappa shape index (κ2) is 9.04. The Morgan fingerprint density at radius 3 is 2.43 bits per heavy atom. The summed E-state index contributed by atoms with van der Waals surface area (Å²) in [4.78, 5) is 25.3. The van der Waals surface area contributed by atoms with Crippen molar-refractivity contribution >= 4 is 28.8 Å². The number of carbonyl (C=O) groups is 1. The number of imidazole rings is 1. The van der Waals surface area contributed by atoms with E-state index in [4.69, 9.17) is 15.5 Å². The number of benzene rings is 1. The number of aromatic nitrogens is 4. The summed E-state index contributed by atoms with van der Waals surface area (Å²) in [6.07, 6.45) is 1.63. The van der Waals surface area contributed by atoms with Crippen LogP contribution in [0.25, 0.3) is 28.2 Å². The van der Waals surface area contributed by atoms with Gasteiger partial charge >= 0.3 is 5.97 Å². The van der Waals surface area contributed by atoms with Gasteiger partial charge in [-0.3, -0.25) is 4.57 Å². The van der Waals surface area contributed by atoms with E-state index in [0.717, 1.165) is 5.69 Å². The lowest BCUT2D eigenvalue weighted by Gasteiger charge is -2.11. The predicted octanol–water partition coefficient (Wildman–Crippen LogP) is 3.92. The first-order valence-corrected chi connectivity index (χ1v) is 9.59. The molecular weight excluding hydrogens is 380 g/mol. The maximum Gasteiger partial charge on any atom is 0.337 e. The predicted molar refractivity (Wildman–Crippen MR) is 119 cm³/mol. The molecule has 8 heteroatoms. The van der Waals surface area contributed by atoms with Crippen molar-refractivity contribution in [3.63, 3.8) is 0 Å². The number of nitrogens with zero attached hydrogens (tertiary/aromatic N) is 4. The third kappa shape index (κ3) is 3.80. The molecule has 3 heterocycles. The summed E-state index contributed by atoms with van der Waals surface area (Å²) in [6, 6.07) is 14.5. The number of esters is 1. The van der Waals surface area contributed by atoms with Crippen molar-refractivity contribution in [3.05, 3.63) is 60.3 Å². The summed E-state index contributed by atoms with van der Waals surface area (Å²) in [5, 5.41) is 3.04. The van der Waals surface area contributed by atoms with E-state index in [1.54, 1.807) is 25.4 Å². The first-order chi connectivity index (χ1) is 14.6. The summed E-state index contributed by atoms with van der Waals surface area (Å²) in [6.45, 7) is 4.00. The summed E-state index contributed by atoms with van der Waals surface area (Å²) in [5.41, 5.74) is 9.42. The zero-order valence-electron chi connectivity index (χ0n) is 17.4. The van der Waals surface area contributed by atoms with Gasteiger partial charge in [0.15, 0.2) is 11.5 Å². The molecule has 0 aliphatic rings. The van der Waals surface area contributed by atoms with E-state index in [-0.39, 0.29) is 0 Å². The van der Waals surface area contributed by atoms with Gasteiger partial charge in [-0.1, -0.05) is 13.8 Å². The van der Waals surface area contributed by atoms with Crippen LogP contribution >= 0.6 is 0 Å². The standard InChI is InChI=1S/C20H18N6O2.C2H6/c1-22-16-10-9-15-19(25-16)26(13-7-5-12(6-8-13)20(27)28-2)18(24-15)14-4-3-11-23-17(14)21;1-2/h3-11H,1-2H3,(H2,21,23)(H,22,25);1-2H3. The van der Waals surface area contributed by atoms with Crippen LogP contribution in [0.15, 0.2) is 54.7 Å². The average Bonchev–Trinajstić information content (AvgIpc) is 3.18. The fraction of sp³-hybridized carbons (Fsp3) is 0.182. The van der Waals surface area contributed by atoms with Gasteiger partial charge in [-0.2, -0.15) is 0 Å². The van der Waals surface area contributed by atoms with Crippen molar-refractivity contribution in [2.45, 2.75) is 13.8 Å². The molecular formula is C22H24N6O2. The van der Waals surface area contributed by atoms with Gasteiger partial charge in [0, 0.05) is 18.9 Å². The van der Waals surface area contributed by atoms with E-state index in [9.17, 15) is 4.79 Å². The fourth-order valence-electron chi connectivity index (χ4n) is 2.99. The van der Waals surface area contributed by atoms with E-state index >= 15 is 0 Å². The van der Waals surface area contributed by atoms with Crippen LogP contribution in [0.2, 0.25) is 0 Å². The molecule has 4 rings (SSSR count). The van der Waals surface area contributed by atoms with Crippen molar-refractivity contribution in [2.24, 2.45) is 0 Å². The van der Waals surface area contributed by atoms with Gasteiger partial charge in [0.25, 0.3) is 0 Å². The molecule has 0 bridgehead atoms. The summed E-state index contributed by atoms with van der Waals surface area (Å²) < 4.78 is 6.67. The maximum atomic E-state index is 11.8. The lowest BCUT2D eigenvalue weighted by atomic mass is 10.2. The van der Waals surface area contributed by atoms with Gasteiger partial charge < -0.3 is 15.8 Å². The molecule has 4 aromatic rings. The molecule has 30 heavy (non-hydrogen) atoms. The highest BCUT2D eigenvalue weighted by Gasteiger charge is 2.18. The van der Waals surface area contributed by atoms with Gasteiger partial charge in [0.1, 0.15) is 17.2 Å². The monoisotopic (exact) mass is 404 g/mol. The smallest absolute Gasteiger partial charge is 0.337 e. The Balaban J connectivity index is 0.00000124. The fourth-order valence-corrected chi connectivity index (χ4v) is 2.99. The van der Waals surface area contributed by atoms with E-state index in [2.05, 4.69) is 15.3 Å². The van der Waals surface area contributed by atoms with Crippen LogP contribution in [0, 0.1) is 0 Å². The second-order valence-corrected chi connectivity index (χ2v) is 6.03.